The van der Waals surface area contributed by atoms with Crippen LogP contribution < -0.4 is 0 Å². The molecule has 0 radical (unpaired) electrons. The molecule has 0 saturated heterocycles. The Balaban J connectivity index is 1.19. The van der Waals surface area contributed by atoms with Gasteiger partial charge < -0.3 is 4.42 Å². The fraction of sp³-hybridized carbons (Fsp3) is 0. The number of para-hydroxylation sites is 1. The maximum absolute atomic E-state index is 6.37. The Bertz CT molecular complexity index is 2500. The SMILES string of the molecule is c1ccc(-c2ccc(-c3ccc4oc5ccccc5c4c3-c3ccc(-c4cc(-c5ccccc5)nc(-c5ccccc5)n4)cc3)cc2)cc1. The van der Waals surface area contributed by atoms with Gasteiger partial charge in [0.05, 0.1) is 11.4 Å². The zero-order valence-corrected chi connectivity index (χ0v) is 26.6. The van der Waals surface area contributed by atoms with Gasteiger partial charge >= 0.3 is 0 Å². The molecule has 49 heavy (non-hydrogen) atoms. The smallest absolute Gasteiger partial charge is 0.160 e. The van der Waals surface area contributed by atoms with Crippen molar-refractivity contribution >= 4 is 21.9 Å². The van der Waals surface area contributed by atoms with Crippen LogP contribution >= 0.6 is 0 Å². The minimum atomic E-state index is 0.705. The summed E-state index contributed by atoms with van der Waals surface area (Å²) in [4.78, 5) is 10.0. The van der Waals surface area contributed by atoms with Crippen LogP contribution in [0.2, 0.25) is 0 Å². The lowest BCUT2D eigenvalue weighted by Crippen LogP contribution is -1.96. The Morgan fingerprint density at radius 1 is 0.347 bits per heavy atom. The number of nitrogens with zero attached hydrogens (tertiary/aromatic N) is 2. The summed E-state index contributed by atoms with van der Waals surface area (Å²) in [5, 5.41) is 2.22. The highest BCUT2D eigenvalue weighted by Crippen LogP contribution is 2.43. The Morgan fingerprint density at radius 3 is 1.51 bits per heavy atom. The topological polar surface area (TPSA) is 38.9 Å². The maximum atomic E-state index is 6.37. The summed E-state index contributed by atoms with van der Waals surface area (Å²) in [5.41, 5.74) is 13.6. The molecule has 0 aliphatic rings. The van der Waals surface area contributed by atoms with Crippen molar-refractivity contribution in [3.05, 3.63) is 182 Å². The third kappa shape index (κ3) is 5.38. The van der Waals surface area contributed by atoms with Crippen LogP contribution in [0.25, 0.3) is 89.2 Å². The van der Waals surface area contributed by atoms with E-state index in [0.29, 0.717) is 5.82 Å². The van der Waals surface area contributed by atoms with Gasteiger partial charge in [-0.15, -0.1) is 0 Å². The van der Waals surface area contributed by atoms with E-state index in [1.165, 1.54) is 11.1 Å². The van der Waals surface area contributed by atoms with Gasteiger partial charge in [0.15, 0.2) is 5.82 Å². The summed E-state index contributed by atoms with van der Waals surface area (Å²) >= 11 is 0. The first-order chi connectivity index (χ1) is 24.3. The molecule has 0 bridgehead atoms. The fourth-order valence-electron chi connectivity index (χ4n) is 6.71. The van der Waals surface area contributed by atoms with Crippen molar-refractivity contribution in [2.75, 3.05) is 0 Å². The van der Waals surface area contributed by atoms with Crippen LogP contribution in [0, 0.1) is 0 Å². The third-order valence-corrected chi connectivity index (χ3v) is 9.14. The molecule has 230 valence electrons. The van der Waals surface area contributed by atoms with E-state index in [1.54, 1.807) is 0 Å². The van der Waals surface area contributed by atoms with Crippen LogP contribution in [0.4, 0.5) is 0 Å². The van der Waals surface area contributed by atoms with E-state index in [9.17, 15) is 0 Å². The van der Waals surface area contributed by atoms with Gasteiger partial charge in [-0.3, -0.25) is 0 Å². The molecule has 0 saturated carbocycles. The van der Waals surface area contributed by atoms with Crippen molar-refractivity contribution < 1.29 is 4.42 Å². The normalized spacial score (nSPS) is 11.3. The number of hydrogen-bond donors (Lipinski definition) is 0. The predicted molar refractivity (Wildman–Crippen MR) is 202 cm³/mol. The van der Waals surface area contributed by atoms with E-state index in [2.05, 4.69) is 133 Å². The lowest BCUT2D eigenvalue weighted by Gasteiger charge is -2.14. The van der Waals surface area contributed by atoms with Crippen LogP contribution in [-0.2, 0) is 0 Å². The predicted octanol–water partition coefficient (Wildman–Crippen LogP) is 12.4. The molecule has 3 nitrogen and oxygen atoms in total. The minimum absolute atomic E-state index is 0.705. The highest BCUT2D eigenvalue weighted by atomic mass is 16.3. The molecule has 0 N–H and O–H groups in total. The molecule has 2 heterocycles. The zero-order valence-electron chi connectivity index (χ0n) is 26.6. The van der Waals surface area contributed by atoms with Crippen LogP contribution in [0.3, 0.4) is 0 Å². The summed E-state index contributed by atoms with van der Waals surface area (Å²) < 4.78 is 6.37. The first-order valence-corrected chi connectivity index (χ1v) is 16.5. The van der Waals surface area contributed by atoms with Gasteiger partial charge in [0.1, 0.15) is 11.2 Å². The standard InChI is InChI=1S/C46H30N2O/c1-4-12-31(13-5-1)32-20-22-33(23-21-32)38-28-29-43-45(39-18-10-11-19-42(39)49-43)44(38)36-26-24-35(25-27-36)41-30-40(34-14-6-2-7-15-34)47-46(48-41)37-16-8-3-9-17-37/h1-30H. The molecule has 0 unspecified atom stereocenters. The van der Waals surface area contributed by atoms with E-state index in [4.69, 9.17) is 14.4 Å². The van der Waals surface area contributed by atoms with Crippen molar-refractivity contribution in [1.29, 1.82) is 0 Å². The van der Waals surface area contributed by atoms with Gasteiger partial charge in [0, 0.05) is 33.0 Å². The Hall–Kier alpha value is -6.58. The summed E-state index contributed by atoms with van der Waals surface area (Å²) in [6, 6.07) is 63.3. The largest absolute Gasteiger partial charge is 0.456 e. The van der Waals surface area contributed by atoms with E-state index in [-0.39, 0.29) is 0 Å². The molecule has 9 aromatic rings. The fourth-order valence-corrected chi connectivity index (χ4v) is 6.71. The molecule has 3 heteroatoms. The molecule has 0 aliphatic carbocycles. The number of fused-ring (bicyclic) bond motifs is 3. The van der Waals surface area contributed by atoms with Crippen molar-refractivity contribution in [2.45, 2.75) is 0 Å². The quantitative estimate of drug-likeness (QED) is 0.184. The Kier molecular flexibility index (Phi) is 7.14. The van der Waals surface area contributed by atoms with Crippen molar-refractivity contribution in [2.24, 2.45) is 0 Å². The number of rotatable bonds is 6. The van der Waals surface area contributed by atoms with E-state index < -0.39 is 0 Å². The molecule has 9 rings (SSSR count). The summed E-state index contributed by atoms with van der Waals surface area (Å²) in [6.45, 7) is 0. The van der Waals surface area contributed by atoms with Crippen LogP contribution in [-0.4, -0.2) is 9.97 Å². The molecular weight excluding hydrogens is 597 g/mol. The van der Waals surface area contributed by atoms with Crippen molar-refractivity contribution in [3.8, 4) is 67.3 Å². The molecule has 0 spiro atoms. The number of furan rings is 1. The monoisotopic (exact) mass is 626 g/mol. The molecular formula is C46H30N2O. The molecule has 0 aliphatic heterocycles. The van der Waals surface area contributed by atoms with Gasteiger partial charge in [-0.2, -0.15) is 0 Å². The highest BCUT2D eigenvalue weighted by Gasteiger charge is 2.18. The lowest BCUT2D eigenvalue weighted by molar-refractivity contribution is 0.669. The van der Waals surface area contributed by atoms with Crippen LogP contribution in [0.1, 0.15) is 0 Å². The van der Waals surface area contributed by atoms with Gasteiger partial charge in [-0.1, -0.05) is 164 Å². The van der Waals surface area contributed by atoms with E-state index in [1.807, 2.05) is 48.5 Å². The molecule has 7 aromatic carbocycles. The van der Waals surface area contributed by atoms with Gasteiger partial charge in [0.25, 0.3) is 0 Å². The summed E-state index contributed by atoms with van der Waals surface area (Å²) in [6.07, 6.45) is 0. The molecule has 0 atom stereocenters. The Morgan fingerprint density at radius 2 is 0.837 bits per heavy atom. The second kappa shape index (κ2) is 12.2. The van der Waals surface area contributed by atoms with E-state index >= 15 is 0 Å². The zero-order chi connectivity index (χ0) is 32.6. The van der Waals surface area contributed by atoms with Crippen LogP contribution in [0.15, 0.2) is 186 Å². The van der Waals surface area contributed by atoms with Crippen molar-refractivity contribution in [3.63, 3.8) is 0 Å². The molecule has 2 aromatic heterocycles. The first-order valence-electron chi connectivity index (χ1n) is 16.5. The first kappa shape index (κ1) is 28.6. The van der Waals surface area contributed by atoms with Crippen molar-refractivity contribution in [1.82, 2.24) is 9.97 Å². The highest BCUT2D eigenvalue weighted by molar-refractivity contribution is 6.16. The summed E-state index contributed by atoms with van der Waals surface area (Å²) in [5.74, 6) is 0.705. The third-order valence-electron chi connectivity index (χ3n) is 9.14. The lowest BCUT2D eigenvalue weighted by atomic mass is 9.89. The second-order valence-corrected chi connectivity index (χ2v) is 12.2. The minimum Gasteiger partial charge on any atom is -0.456 e. The van der Waals surface area contributed by atoms with Crippen LogP contribution in [0.5, 0.6) is 0 Å². The average molecular weight is 627 g/mol. The van der Waals surface area contributed by atoms with E-state index in [0.717, 1.165) is 72.3 Å². The number of hydrogen-bond acceptors (Lipinski definition) is 3. The summed E-state index contributed by atoms with van der Waals surface area (Å²) in [7, 11) is 0. The van der Waals surface area contributed by atoms with Gasteiger partial charge in [-0.25, -0.2) is 9.97 Å². The van der Waals surface area contributed by atoms with Gasteiger partial charge in [0.2, 0.25) is 0 Å². The molecule has 0 fully saturated rings. The maximum Gasteiger partial charge on any atom is 0.160 e. The number of benzene rings is 7. The average Bonchev–Trinajstić information content (AvgIpc) is 3.57. The Labute approximate surface area is 284 Å². The number of aromatic nitrogens is 2. The second-order valence-electron chi connectivity index (χ2n) is 12.2. The molecule has 0 amide bonds. The van der Waals surface area contributed by atoms with Gasteiger partial charge in [-0.05, 0) is 46.0 Å².